The first-order valence-electron chi connectivity index (χ1n) is 5.26. The molecule has 102 valence electrons. The van der Waals surface area contributed by atoms with Crippen LogP contribution in [0.15, 0.2) is 38.6 Å². The molecule has 19 heavy (non-hydrogen) atoms. The molecule has 0 bridgehead atoms. The molecule has 7 nitrogen and oxygen atoms in total. The molecule has 2 aromatic heterocycles. The second-order valence-electron chi connectivity index (χ2n) is 3.58. The van der Waals surface area contributed by atoms with Crippen LogP contribution in [-0.4, -0.2) is 18.4 Å². The molecule has 0 aliphatic rings. The Morgan fingerprint density at radius 3 is 2.84 bits per heavy atom. The van der Waals surface area contributed by atoms with E-state index in [9.17, 15) is 8.42 Å². The van der Waals surface area contributed by atoms with E-state index in [-0.39, 0.29) is 22.7 Å². The van der Waals surface area contributed by atoms with Gasteiger partial charge >= 0.3 is 0 Å². The van der Waals surface area contributed by atoms with Crippen LogP contribution in [0, 0.1) is 0 Å². The van der Waals surface area contributed by atoms with E-state index in [0.29, 0.717) is 11.5 Å². The van der Waals surface area contributed by atoms with Crippen molar-refractivity contribution in [3.05, 3.63) is 40.8 Å². The van der Waals surface area contributed by atoms with Gasteiger partial charge in [0.1, 0.15) is 17.0 Å². The number of rotatable bonds is 5. The summed E-state index contributed by atoms with van der Waals surface area (Å²) >= 11 is 3.05. The van der Waals surface area contributed by atoms with Gasteiger partial charge in [-0.25, -0.2) is 23.1 Å². The zero-order valence-corrected chi connectivity index (χ0v) is 12.1. The van der Waals surface area contributed by atoms with Crippen molar-refractivity contribution in [2.45, 2.75) is 18.0 Å². The van der Waals surface area contributed by atoms with Crippen molar-refractivity contribution in [1.82, 2.24) is 14.7 Å². The van der Waals surface area contributed by atoms with Crippen molar-refractivity contribution >= 4 is 26.0 Å². The molecular formula is C10H11BrN4O3S. The Bertz CT molecular complexity index is 657. The van der Waals surface area contributed by atoms with Gasteiger partial charge in [0.25, 0.3) is 0 Å². The molecule has 0 radical (unpaired) electrons. The SMILES string of the molecule is NCc1cc(S(=O)(=O)NCc2ccncn2)c(Br)o1. The Morgan fingerprint density at radius 2 is 2.26 bits per heavy atom. The number of aromatic nitrogens is 2. The number of nitrogens with zero attached hydrogens (tertiary/aromatic N) is 2. The van der Waals surface area contributed by atoms with Crippen molar-refractivity contribution < 1.29 is 12.8 Å². The minimum Gasteiger partial charge on any atom is -0.452 e. The summed E-state index contributed by atoms with van der Waals surface area (Å²) in [5, 5.41) is 0. The van der Waals surface area contributed by atoms with E-state index in [1.165, 1.54) is 18.6 Å². The lowest BCUT2D eigenvalue weighted by Crippen LogP contribution is -2.23. The van der Waals surface area contributed by atoms with Crippen molar-refractivity contribution in [3.63, 3.8) is 0 Å². The van der Waals surface area contributed by atoms with Gasteiger partial charge in [-0.1, -0.05) is 0 Å². The van der Waals surface area contributed by atoms with Gasteiger partial charge in [0.15, 0.2) is 4.67 Å². The van der Waals surface area contributed by atoms with Crippen molar-refractivity contribution in [2.75, 3.05) is 0 Å². The van der Waals surface area contributed by atoms with Crippen molar-refractivity contribution in [1.29, 1.82) is 0 Å². The fourth-order valence-corrected chi connectivity index (χ4v) is 3.35. The van der Waals surface area contributed by atoms with Crippen molar-refractivity contribution in [3.8, 4) is 0 Å². The number of nitrogens with two attached hydrogens (primary N) is 1. The predicted molar refractivity (Wildman–Crippen MR) is 70.4 cm³/mol. The second-order valence-corrected chi connectivity index (χ2v) is 6.04. The highest BCUT2D eigenvalue weighted by molar-refractivity contribution is 9.10. The van der Waals surface area contributed by atoms with Gasteiger partial charge in [-0.3, -0.25) is 0 Å². The van der Waals surface area contributed by atoms with Crippen LogP contribution < -0.4 is 10.5 Å². The highest BCUT2D eigenvalue weighted by atomic mass is 79.9. The highest BCUT2D eigenvalue weighted by Gasteiger charge is 2.22. The van der Waals surface area contributed by atoms with Crippen LogP contribution in [-0.2, 0) is 23.1 Å². The second kappa shape index (κ2) is 5.78. The average Bonchev–Trinajstić information content (AvgIpc) is 2.80. The first-order valence-corrected chi connectivity index (χ1v) is 7.53. The molecule has 0 fully saturated rings. The zero-order valence-electron chi connectivity index (χ0n) is 9.71. The molecule has 2 heterocycles. The molecule has 0 amide bonds. The smallest absolute Gasteiger partial charge is 0.245 e. The van der Waals surface area contributed by atoms with Gasteiger partial charge in [-0.05, 0) is 22.0 Å². The maximum Gasteiger partial charge on any atom is 0.245 e. The molecule has 0 aliphatic heterocycles. The Kier molecular flexibility index (Phi) is 4.30. The molecule has 0 aliphatic carbocycles. The summed E-state index contributed by atoms with van der Waals surface area (Å²) in [6, 6.07) is 3.00. The summed E-state index contributed by atoms with van der Waals surface area (Å²) in [4.78, 5) is 7.69. The number of nitrogens with one attached hydrogen (secondary N) is 1. The average molecular weight is 347 g/mol. The van der Waals surface area contributed by atoms with Crippen LogP contribution >= 0.6 is 15.9 Å². The maximum absolute atomic E-state index is 12.1. The zero-order chi connectivity index (χ0) is 13.9. The van der Waals surface area contributed by atoms with Gasteiger partial charge < -0.3 is 10.2 Å². The number of hydrogen-bond acceptors (Lipinski definition) is 6. The number of sulfonamides is 1. The van der Waals surface area contributed by atoms with Gasteiger partial charge in [0.05, 0.1) is 18.8 Å². The lowest BCUT2D eigenvalue weighted by molar-refractivity contribution is 0.483. The summed E-state index contributed by atoms with van der Waals surface area (Å²) in [6.07, 6.45) is 2.89. The summed E-state index contributed by atoms with van der Waals surface area (Å²) in [6.45, 7) is 0.195. The third kappa shape index (κ3) is 3.38. The molecule has 0 saturated heterocycles. The molecule has 2 rings (SSSR count). The van der Waals surface area contributed by atoms with E-state index in [2.05, 4.69) is 30.6 Å². The van der Waals surface area contributed by atoms with Crippen LogP contribution in [0.5, 0.6) is 0 Å². The number of hydrogen-bond donors (Lipinski definition) is 2. The Balaban J connectivity index is 2.16. The fourth-order valence-electron chi connectivity index (χ4n) is 1.35. The largest absolute Gasteiger partial charge is 0.452 e. The van der Waals surface area contributed by atoms with Crippen LogP contribution in [0.2, 0.25) is 0 Å². The Labute approximate surface area is 118 Å². The molecule has 9 heteroatoms. The molecule has 3 N–H and O–H groups in total. The van der Waals surface area contributed by atoms with Gasteiger partial charge in [-0.2, -0.15) is 0 Å². The van der Waals surface area contributed by atoms with E-state index in [1.54, 1.807) is 6.07 Å². The van der Waals surface area contributed by atoms with Crippen LogP contribution in [0.3, 0.4) is 0 Å². The van der Waals surface area contributed by atoms with Gasteiger partial charge in [0.2, 0.25) is 10.0 Å². The van der Waals surface area contributed by atoms with Gasteiger partial charge in [-0.15, -0.1) is 0 Å². The summed E-state index contributed by atoms with van der Waals surface area (Å²) in [5.74, 6) is 0.384. The standard InChI is InChI=1S/C10H11BrN4O3S/c11-10-9(3-8(4-12)18-10)19(16,17)15-5-7-1-2-13-6-14-7/h1-3,6,15H,4-5,12H2. The lowest BCUT2D eigenvalue weighted by Gasteiger charge is -2.04. The molecule has 0 spiro atoms. The normalized spacial score (nSPS) is 11.7. The number of halogens is 1. The molecular weight excluding hydrogens is 336 g/mol. The van der Waals surface area contributed by atoms with Gasteiger partial charge in [0, 0.05) is 12.3 Å². The maximum atomic E-state index is 12.1. The fraction of sp³-hybridized carbons (Fsp3) is 0.200. The molecule has 0 atom stereocenters. The lowest BCUT2D eigenvalue weighted by atomic mass is 10.4. The Hall–Kier alpha value is -1.29. The van der Waals surface area contributed by atoms with Crippen LogP contribution in [0.25, 0.3) is 0 Å². The summed E-state index contributed by atoms with van der Waals surface area (Å²) in [7, 11) is -3.68. The molecule has 2 aromatic rings. The van der Waals surface area contributed by atoms with E-state index in [1.807, 2.05) is 0 Å². The molecule has 0 aromatic carbocycles. The first-order chi connectivity index (χ1) is 9.03. The van der Waals surface area contributed by atoms with E-state index >= 15 is 0 Å². The van der Waals surface area contributed by atoms with E-state index in [0.717, 1.165) is 0 Å². The molecule has 0 unspecified atom stereocenters. The van der Waals surface area contributed by atoms with Crippen LogP contribution in [0.4, 0.5) is 0 Å². The minimum atomic E-state index is -3.68. The minimum absolute atomic E-state index is 0.0157. The summed E-state index contributed by atoms with van der Waals surface area (Å²) in [5.41, 5.74) is 5.96. The quantitative estimate of drug-likeness (QED) is 0.826. The Morgan fingerprint density at radius 1 is 1.47 bits per heavy atom. The third-order valence-electron chi connectivity index (χ3n) is 2.28. The highest BCUT2D eigenvalue weighted by Crippen LogP contribution is 2.25. The monoisotopic (exact) mass is 346 g/mol. The topological polar surface area (TPSA) is 111 Å². The van der Waals surface area contributed by atoms with Crippen molar-refractivity contribution in [2.24, 2.45) is 5.73 Å². The number of furan rings is 1. The third-order valence-corrected chi connectivity index (χ3v) is 4.54. The van der Waals surface area contributed by atoms with Crippen LogP contribution in [0.1, 0.15) is 11.5 Å². The molecule has 0 saturated carbocycles. The van der Waals surface area contributed by atoms with E-state index < -0.39 is 10.0 Å². The first kappa shape index (κ1) is 14.1. The predicted octanol–water partition coefficient (Wildman–Crippen LogP) is 0.769. The van der Waals surface area contributed by atoms with E-state index in [4.69, 9.17) is 10.2 Å². The summed E-state index contributed by atoms with van der Waals surface area (Å²) < 4.78 is 31.8.